The molecule has 1 saturated heterocycles. The number of carbonyl (C=O) groups is 1. The van der Waals surface area contributed by atoms with Gasteiger partial charge in [-0.15, -0.1) is 0 Å². The van der Waals surface area contributed by atoms with Crippen LogP contribution in [0, 0.1) is 0 Å². The standard InChI is InChI=1S/C15H19NOS2/c17-14(16-10-13-11-18-8-9-19-13)15(6-7-15)12-4-2-1-3-5-12/h1-5,13H,6-11H2,(H,16,17). The molecule has 0 aromatic heterocycles. The summed E-state index contributed by atoms with van der Waals surface area (Å²) in [4.78, 5) is 12.4. The fraction of sp³-hybridized carbons (Fsp3) is 0.533. The molecule has 1 atom stereocenters. The highest BCUT2D eigenvalue weighted by atomic mass is 32.2. The largest absolute Gasteiger partial charge is 0.354 e. The van der Waals surface area contributed by atoms with Crippen molar-refractivity contribution in [3.05, 3.63) is 35.9 Å². The van der Waals surface area contributed by atoms with Crippen molar-refractivity contribution in [2.24, 2.45) is 0 Å². The van der Waals surface area contributed by atoms with Gasteiger partial charge in [0.2, 0.25) is 5.91 Å². The maximum Gasteiger partial charge on any atom is 0.230 e. The number of rotatable bonds is 4. The fourth-order valence-corrected chi connectivity index (χ4v) is 5.17. The first-order valence-corrected chi connectivity index (χ1v) is 9.05. The molecule has 19 heavy (non-hydrogen) atoms. The van der Waals surface area contributed by atoms with E-state index in [1.54, 1.807) is 0 Å². The summed E-state index contributed by atoms with van der Waals surface area (Å²) in [6.07, 6.45) is 1.99. The maximum atomic E-state index is 12.4. The minimum atomic E-state index is -0.215. The molecule has 1 unspecified atom stereocenters. The van der Waals surface area contributed by atoms with Crippen molar-refractivity contribution in [2.75, 3.05) is 23.8 Å². The first-order chi connectivity index (χ1) is 9.31. The second-order valence-corrected chi connectivity index (χ2v) is 7.78. The molecule has 0 radical (unpaired) electrons. The zero-order chi connectivity index (χ0) is 13.1. The van der Waals surface area contributed by atoms with Gasteiger partial charge in [0.15, 0.2) is 0 Å². The summed E-state index contributed by atoms with van der Waals surface area (Å²) in [5, 5.41) is 3.77. The molecule has 2 aliphatic rings. The number of nitrogens with one attached hydrogen (secondary N) is 1. The molecule has 1 N–H and O–H groups in total. The predicted octanol–water partition coefficient (Wildman–Crippen LogP) is 2.68. The Morgan fingerprint density at radius 3 is 2.68 bits per heavy atom. The van der Waals surface area contributed by atoms with E-state index in [-0.39, 0.29) is 11.3 Å². The Morgan fingerprint density at radius 2 is 2.05 bits per heavy atom. The van der Waals surface area contributed by atoms with Gasteiger partial charge in [-0.05, 0) is 18.4 Å². The Balaban J connectivity index is 1.58. The van der Waals surface area contributed by atoms with E-state index in [0.29, 0.717) is 5.25 Å². The van der Waals surface area contributed by atoms with Gasteiger partial charge in [0.1, 0.15) is 0 Å². The number of hydrogen-bond acceptors (Lipinski definition) is 3. The van der Waals surface area contributed by atoms with E-state index >= 15 is 0 Å². The van der Waals surface area contributed by atoms with Crippen LogP contribution in [-0.2, 0) is 10.2 Å². The lowest BCUT2D eigenvalue weighted by Crippen LogP contribution is -2.39. The molecule has 1 aromatic rings. The van der Waals surface area contributed by atoms with Crippen LogP contribution in [-0.4, -0.2) is 35.0 Å². The van der Waals surface area contributed by atoms with Crippen molar-refractivity contribution in [1.29, 1.82) is 0 Å². The predicted molar refractivity (Wildman–Crippen MR) is 83.9 cm³/mol. The van der Waals surface area contributed by atoms with Crippen molar-refractivity contribution >= 4 is 29.4 Å². The van der Waals surface area contributed by atoms with Gasteiger partial charge in [0.05, 0.1) is 5.41 Å². The van der Waals surface area contributed by atoms with Crippen LogP contribution in [0.5, 0.6) is 0 Å². The normalized spacial score (nSPS) is 24.7. The summed E-state index contributed by atoms with van der Waals surface area (Å²) < 4.78 is 0. The van der Waals surface area contributed by atoms with Crippen LogP contribution in [0.3, 0.4) is 0 Å². The number of thioether (sulfide) groups is 2. The van der Waals surface area contributed by atoms with Gasteiger partial charge in [-0.2, -0.15) is 23.5 Å². The van der Waals surface area contributed by atoms with Crippen LogP contribution < -0.4 is 5.32 Å². The highest BCUT2D eigenvalue weighted by Crippen LogP contribution is 2.48. The van der Waals surface area contributed by atoms with Gasteiger partial charge in [0, 0.05) is 29.1 Å². The second kappa shape index (κ2) is 5.80. The molecule has 2 nitrogen and oxygen atoms in total. The Kier molecular flexibility index (Phi) is 4.08. The maximum absolute atomic E-state index is 12.4. The van der Waals surface area contributed by atoms with Gasteiger partial charge < -0.3 is 5.32 Å². The molecule has 1 amide bonds. The molecule has 0 bridgehead atoms. The third kappa shape index (κ3) is 2.95. The third-order valence-electron chi connectivity index (χ3n) is 3.89. The number of hydrogen-bond donors (Lipinski definition) is 1. The van der Waals surface area contributed by atoms with Gasteiger partial charge in [-0.25, -0.2) is 0 Å². The second-order valence-electron chi connectivity index (χ2n) is 5.23. The average molecular weight is 293 g/mol. The van der Waals surface area contributed by atoms with Crippen molar-refractivity contribution in [3.8, 4) is 0 Å². The zero-order valence-electron chi connectivity index (χ0n) is 10.9. The molecule has 1 aromatic carbocycles. The third-order valence-corrected chi connectivity index (χ3v) is 6.73. The molecule has 3 rings (SSSR count). The molecule has 1 saturated carbocycles. The lowest BCUT2D eigenvalue weighted by molar-refractivity contribution is -0.123. The van der Waals surface area contributed by atoms with E-state index < -0.39 is 0 Å². The molecule has 1 heterocycles. The van der Waals surface area contributed by atoms with Crippen LogP contribution in [0.1, 0.15) is 18.4 Å². The van der Waals surface area contributed by atoms with Crippen molar-refractivity contribution in [2.45, 2.75) is 23.5 Å². The van der Waals surface area contributed by atoms with E-state index in [2.05, 4.69) is 17.4 Å². The van der Waals surface area contributed by atoms with Gasteiger partial charge in [0.25, 0.3) is 0 Å². The summed E-state index contributed by atoms with van der Waals surface area (Å²) in [6.45, 7) is 0.824. The van der Waals surface area contributed by atoms with Crippen LogP contribution in [0.4, 0.5) is 0 Å². The molecule has 1 aliphatic carbocycles. The summed E-state index contributed by atoms with van der Waals surface area (Å²) in [5.74, 6) is 3.87. The Bertz CT molecular complexity index is 439. The first kappa shape index (κ1) is 13.4. The van der Waals surface area contributed by atoms with Crippen LogP contribution in [0.25, 0.3) is 0 Å². The molecule has 1 aliphatic heterocycles. The Hall–Kier alpha value is -0.610. The topological polar surface area (TPSA) is 29.1 Å². The molecule has 102 valence electrons. The minimum absolute atomic E-state index is 0.215. The molecule has 4 heteroatoms. The molecule has 2 fully saturated rings. The van der Waals surface area contributed by atoms with Gasteiger partial charge >= 0.3 is 0 Å². The van der Waals surface area contributed by atoms with Gasteiger partial charge in [-0.3, -0.25) is 4.79 Å². The van der Waals surface area contributed by atoms with E-state index in [4.69, 9.17) is 0 Å². The lowest BCUT2D eigenvalue weighted by Gasteiger charge is -2.23. The zero-order valence-corrected chi connectivity index (χ0v) is 12.6. The minimum Gasteiger partial charge on any atom is -0.354 e. The smallest absolute Gasteiger partial charge is 0.230 e. The summed E-state index contributed by atoms with van der Waals surface area (Å²) in [5.41, 5.74) is 0.964. The lowest BCUT2D eigenvalue weighted by atomic mass is 9.95. The van der Waals surface area contributed by atoms with Crippen molar-refractivity contribution in [1.82, 2.24) is 5.32 Å². The van der Waals surface area contributed by atoms with E-state index in [0.717, 1.165) is 19.4 Å². The quantitative estimate of drug-likeness (QED) is 0.925. The van der Waals surface area contributed by atoms with E-state index in [9.17, 15) is 4.79 Å². The fourth-order valence-electron chi connectivity index (χ4n) is 2.56. The number of benzene rings is 1. The molecular formula is C15H19NOS2. The van der Waals surface area contributed by atoms with Crippen LogP contribution in [0.2, 0.25) is 0 Å². The summed E-state index contributed by atoms with van der Waals surface area (Å²) in [6, 6.07) is 10.2. The van der Waals surface area contributed by atoms with Crippen molar-refractivity contribution in [3.63, 3.8) is 0 Å². The van der Waals surface area contributed by atoms with E-state index in [1.807, 2.05) is 41.7 Å². The van der Waals surface area contributed by atoms with Crippen LogP contribution in [0.15, 0.2) is 30.3 Å². The highest BCUT2D eigenvalue weighted by Gasteiger charge is 2.51. The summed E-state index contributed by atoms with van der Waals surface area (Å²) in [7, 11) is 0. The number of amides is 1. The molecule has 0 spiro atoms. The van der Waals surface area contributed by atoms with E-state index in [1.165, 1.54) is 22.8 Å². The number of carbonyl (C=O) groups excluding carboxylic acids is 1. The Morgan fingerprint density at radius 1 is 1.26 bits per heavy atom. The van der Waals surface area contributed by atoms with Crippen LogP contribution >= 0.6 is 23.5 Å². The van der Waals surface area contributed by atoms with Gasteiger partial charge in [-0.1, -0.05) is 30.3 Å². The highest BCUT2D eigenvalue weighted by molar-refractivity contribution is 8.06. The van der Waals surface area contributed by atoms with Crippen molar-refractivity contribution < 1.29 is 4.79 Å². The average Bonchev–Trinajstić information content (AvgIpc) is 3.28. The monoisotopic (exact) mass is 293 g/mol. The Labute approximate surface area is 123 Å². The SMILES string of the molecule is O=C(NCC1CSCCS1)C1(c2ccccc2)CC1. The summed E-state index contributed by atoms with van der Waals surface area (Å²) >= 11 is 4.00. The molecular weight excluding hydrogens is 274 g/mol. The first-order valence-electron chi connectivity index (χ1n) is 6.84.